The predicted octanol–water partition coefficient (Wildman–Crippen LogP) is 5.91. The highest BCUT2D eigenvalue weighted by Crippen LogP contribution is 2.33. The first-order chi connectivity index (χ1) is 15.2. The second-order valence-corrected chi connectivity index (χ2v) is 7.88. The highest BCUT2D eigenvalue weighted by atomic mass is 32.2. The van der Waals surface area contributed by atoms with Gasteiger partial charge in [-0.1, -0.05) is 60.3 Å². The van der Waals surface area contributed by atoms with E-state index in [0.717, 1.165) is 10.5 Å². The number of nitrogens with one attached hydrogen (secondary N) is 1. The molecule has 0 saturated carbocycles. The van der Waals surface area contributed by atoms with Gasteiger partial charge in [-0.25, -0.2) is 9.97 Å². The minimum Gasteiger partial charge on any atom is -0.437 e. The van der Waals surface area contributed by atoms with Crippen molar-refractivity contribution in [2.24, 2.45) is 0 Å². The summed E-state index contributed by atoms with van der Waals surface area (Å²) in [4.78, 5) is 22.3. The lowest BCUT2D eigenvalue weighted by atomic mass is 10.1. The molecule has 0 aliphatic rings. The molecule has 0 aliphatic carbocycles. The molecular weight excluding hydrogens is 406 g/mol. The maximum atomic E-state index is 12.6. The summed E-state index contributed by atoms with van der Waals surface area (Å²) in [6.07, 6.45) is 3.23. The summed E-state index contributed by atoms with van der Waals surface area (Å²) in [5.74, 6) is 0.872. The Morgan fingerprint density at radius 3 is 2.23 bits per heavy atom. The van der Waals surface area contributed by atoms with Gasteiger partial charge in [0.2, 0.25) is 0 Å². The van der Waals surface area contributed by atoms with Gasteiger partial charge in [0.1, 0.15) is 5.75 Å². The Balaban J connectivity index is 1.43. The molecule has 5 nitrogen and oxygen atoms in total. The van der Waals surface area contributed by atoms with Crippen LogP contribution in [0.1, 0.15) is 28.9 Å². The number of benzene rings is 3. The number of rotatable bonds is 7. The van der Waals surface area contributed by atoms with Crippen LogP contribution in [0.25, 0.3) is 0 Å². The number of aromatic nitrogens is 2. The maximum Gasteiger partial charge on any atom is 0.252 e. The molecular formula is C25H21N3O2S. The lowest BCUT2D eigenvalue weighted by Gasteiger charge is -2.14. The lowest BCUT2D eigenvalue weighted by molar-refractivity contribution is 0.0940. The fourth-order valence-electron chi connectivity index (χ4n) is 2.94. The molecule has 1 aromatic heterocycles. The highest BCUT2D eigenvalue weighted by Gasteiger charge is 2.13. The smallest absolute Gasteiger partial charge is 0.252 e. The van der Waals surface area contributed by atoms with Gasteiger partial charge >= 0.3 is 0 Å². The van der Waals surface area contributed by atoms with Crippen LogP contribution in [0.15, 0.2) is 107 Å². The van der Waals surface area contributed by atoms with Crippen LogP contribution in [0, 0.1) is 0 Å². The third-order valence-corrected chi connectivity index (χ3v) is 5.55. The van der Waals surface area contributed by atoms with Gasteiger partial charge in [0.15, 0.2) is 5.03 Å². The van der Waals surface area contributed by atoms with Crippen LogP contribution >= 0.6 is 11.8 Å². The Kier molecular flexibility index (Phi) is 6.59. The van der Waals surface area contributed by atoms with Crippen LogP contribution in [-0.4, -0.2) is 15.9 Å². The third kappa shape index (κ3) is 5.49. The van der Waals surface area contributed by atoms with E-state index in [1.165, 1.54) is 11.8 Å². The van der Waals surface area contributed by atoms with Crippen LogP contribution in [0.5, 0.6) is 11.6 Å². The topological polar surface area (TPSA) is 64.1 Å². The summed E-state index contributed by atoms with van der Waals surface area (Å²) in [6.45, 7) is 1.96. The molecule has 154 valence electrons. The van der Waals surface area contributed by atoms with E-state index in [1.807, 2.05) is 67.6 Å². The number of nitrogens with zero attached hydrogens (tertiary/aromatic N) is 2. The van der Waals surface area contributed by atoms with Gasteiger partial charge in [-0.2, -0.15) is 0 Å². The zero-order chi connectivity index (χ0) is 21.5. The van der Waals surface area contributed by atoms with E-state index in [4.69, 9.17) is 4.74 Å². The molecule has 1 heterocycles. The molecule has 3 aromatic carbocycles. The summed E-state index contributed by atoms with van der Waals surface area (Å²) in [6, 6.07) is 26.7. The van der Waals surface area contributed by atoms with E-state index < -0.39 is 0 Å². The Morgan fingerprint density at radius 1 is 0.871 bits per heavy atom. The summed E-state index contributed by atoms with van der Waals surface area (Å²) in [5, 5.41) is 3.69. The van der Waals surface area contributed by atoms with Crippen molar-refractivity contribution in [3.63, 3.8) is 0 Å². The molecule has 0 aliphatic heterocycles. The van der Waals surface area contributed by atoms with Crippen LogP contribution in [0.3, 0.4) is 0 Å². The molecule has 1 amide bonds. The average Bonchev–Trinajstić information content (AvgIpc) is 2.82. The van der Waals surface area contributed by atoms with Gasteiger partial charge in [-0.3, -0.25) is 4.79 Å². The van der Waals surface area contributed by atoms with Crippen molar-refractivity contribution in [2.45, 2.75) is 22.9 Å². The Bertz CT molecular complexity index is 1140. The van der Waals surface area contributed by atoms with Crippen molar-refractivity contribution in [3.8, 4) is 11.6 Å². The number of hydrogen-bond acceptors (Lipinski definition) is 5. The summed E-state index contributed by atoms with van der Waals surface area (Å²) >= 11 is 1.48. The Morgan fingerprint density at radius 2 is 1.52 bits per heavy atom. The van der Waals surface area contributed by atoms with Crippen LogP contribution in [0.4, 0.5) is 0 Å². The minimum atomic E-state index is -0.136. The van der Waals surface area contributed by atoms with E-state index in [0.29, 0.717) is 22.2 Å². The molecule has 1 unspecified atom stereocenters. The molecule has 0 fully saturated rings. The van der Waals surface area contributed by atoms with Crippen molar-refractivity contribution < 1.29 is 9.53 Å². The molecule has 31 heavy (non-hydrogen) atoms. The third-order valence-electron chi connectivity index (χ3n) is 4.57. The van der Waals surface area contributed by atoms with Crippen LogP contribution in [-0.2, 0) is 0 Å². The normalized spacial score (nSPS) is 11.5. The highest BCUT2D eigenvalue weighted by molar-refractivity contribution is 7.99. The maximum absolute atomic E-state index is 12.6. The Labute approximate surface area is 185 Å². The standard InChI is InChI=1S/C25H21N3O2S/c1-18(19-8-4-2-5-9-19)28-23(29)20-12-14-21(15-13-20)30-24-25(27-17-16-26-24)31-22-10-6-3-7-11-22/h2-18H,1H3,(H,28,29). The van der Waals surface area contributed by atoms with Crippen LogP contribution < -0.4 is 10.1 Å². The molecule has 0 bridgehead atoms. The summed E-state index contributed by atoms with van der Waals surface area (Å²) in [5.41, 5.74) is 1.62. The average molecular weight is 428 g/mol. The van der Waals surface area contributed by atoms with Gasteiger partial charge in [0, 0.05) is 22.9 Å². The van der Waals surface area contributed by atoms with E-state index in [2.05, 4.69) is 15.3 Å². The van der Waals surface area contributed by atoms with Gasteiger partial charge in [-0.15, -0.1) is 0 Å². The lowest BCUT2D eigenvalue weighted by Crippen LogP contribution is -2.26. The molecule has 0 saturated heterocycles. The number of carbonyl (C=O) groups excluding carboxylic acids is 1. The number of carbonyl (C=O) groups is 1. The van der Waals surface area contributed by atoms with Crippen molar-refractivity contribution in [1.29, 1.82) is 0 Å². The molecule has 0 spiro atoms. The van der Waals surface area contributed by atoms with Gasteiger partial charge < -0.3 is 10.1 Å². The predicted molar refractivity (Wildman–Crippen MR) is 121 cm³/mol. The molecule has 1 atom stereocenters. The van der Waals surface area contributed by atoms with Crippen molar-refractivity contribution >= 4 is 17.7 Å². The zero-order valence-corrected chi connectivity index (χ0v) is 17.8. The largest absolute Gasteiger partial charge is 0.437 e. The van der Waals surface area contributed by atoms with Gasteiger partial charge in [0.05, 0.1) is 6.04 Å². The minimum absolute atomic E-state index is 0.0817. The summed E-state index contributed by atoms with van der Waals surface area (Å²) in [7, 11) is 0. The van der Waals surface area contributed by atoms with E-state index in [-0.39, 0.29) is 11.9 Å². The first kappa shape index (κ1) is 20.6. The van der Waals surface area contributed by atoms with E-state index >= 15 is 0 Å². The van der Waals surface area contributed by atoms with Crippen molar-refractivity contribution in [3.05, 3.63) is 108 Å². The fourth-order valence-corrected chi connectivity index (χ4v) is 3.76. The first-order valence-corrected chi connectivity index (χ1v) is 10.7. The van der Waals surface area contributed by atoms with E-state index in [9.17, 15) is 4.79 Å². The zero-order valence-electron chi connectivity index (χ0n) is 16.9. The van der Waals surface area contributed by atoms with Crippen molar-refractivity contribution in [2.75, 3.05) is 0 Å². The second kappa shape index (κ2) is 9.91. The van der Waals surface area contributed by atoms with Crippen molar-refractivity contribution in [1.82, 2.24) is 15.3 Å². The molecule has 1 N–H and O–H groups in total. The number of hydrogen-bond donors (Lipinski definition) is 1. The first-order valence-electron chi connectivity index (χ1n) is 9.87. The SMILES string of the molecule is CC(NC(=O)c1ccc(Oc2nccnc2Sc2ccccc2)cc1)c1ccccc1. The number of ether oxygens (including phenoxy) is 1. The van der Waals surface area contributed by atoms with E-state index in [1.54, 1.807) is 36.7 Å². The van der Waals surface area contributed by atoms with Gasteiger partial charge in [-0.05, 0) is 48.9 Å². The van der Waals surface area contributed by atoms with Crippen LogP contribution in [0.2, 0.25) is 0 Å². The molecule has 6 heteroatoms. The molecule has 4 rings (SSSR count). The quantitative estimate of drug-likeness (QED) is 0.397. The number of amides is 1. The second-order valence-electron chi connectivity index (χ2n) is 6.81. The fraction of sp³-hybridized carbons (Fsp3) is 0.0800. The molecule has 0 radical (unpaired) electrons. The summed E-state index contributed by atoms with van der Waals surface area (Å²) < 4.78 is 5.94. The molecule has 4 aromatic rings. The Hall–Kier alpha value is -3.64. The monoisotopic (exact) mass is 427 g/mol. The van der Waals surface area contributed by atoms with Gasteiger partial charge in [0.25, 0.3) is 11.8 Å².